The Kier molecular flexibility index (Phi) is 3.85. The van der Waals surface area contributed by atoms with Gasteiger partial charge >= 0.3 is 0 Å². The van der Waals surface area contributed by atoms with Gasteiger partial charge in [0, 0.05) is 18.9 Å². The maximum Gasteiger partial charge on any atom is 0.203 e. The Morgan fingerprint density at radius 1 is 1.25 bits per heavy atom. The van der Waals surface area contributed by atoms with Crippen LogP contribution < -0.4 is 5.32 Å². The lowest BCUT2D eigenvalue weighted by Crippen LogP contribution is -2.16. The molecule has 2 heterocycles. The molecule has 5 nitrogen and oxygen atoms in total. The van der Waals surface area contributed by atoms with Crippen molar-refractivity contribution in [1.82, 2.24) is 19.6 Å². The zero-order valence-corrected chi connectivity index (χ0v) is 12.3. The van der Waals surface area contributed by atoms with E-state index in [2.05, 4.69) is 27.4 Å². The molecule has 2 aromatic rings. The number of nitrogens with zero attached hydrogens (tertiary/aromatic N) is 4. The van der Waals surface area contributed by atoms with Crippen LogP contribution in [0, 0.1) is 18.8 Å². The zero-order valence-electron chi connectivity index (χ0n) is 12.3. The van der Waals surface area contributed by atoms with E-state index < -0.39 is 0 Å². The number of hydrogen-bond acceptors (Lipinski definition) is 4. The monoisotopic (exact) mass is 273 g/mol. The lowest BCUT2D eigenvalue weighted by molar-refractivity contribution is 0.282. The summed E-state index contributed by atoms with van der Waals surface area (Å²) in [6, 6.07) is 0. The van der Waals surface area contributed by atoms with Crippen LogP contribution in [0.2, 0.25) is 0 Å². The number of nitrogens with one attached hydrogen (secondary N) is 1. The Labute approximate surface area is 119 Å². The summed E-state index contributed by atoms with van der Waals surface area (Å²) in [5.41, 5.74) is 0.822. The Morgan fingerprint density at radius 2 is 2.05 bits per heavy atom. The maximum atomic E-state index is 4.38. The van der Waals surface area contributed by atoms with Gasteiger partial charge in [0.15, 0.2) is 5.82 Å². The quantitative estimate of drug-likeness (QED) is 0.930. The second-order valence-corrected chi connectivity index (χ2v) is 6.06. The molecule has 0 aromatic carbocycles. The largest absolute Gasteiger partial charge is 0.367 e. The summed E-state index contributed by atoms with van der Waals surface area (Å²) < 4.78 is 1.97. The van der Waals surface area contributed by atoms with Crippen LogP contribution in [-0.4, -0.2) is 26.1 Å². The van der Waals surface area contributed by atoms with Gasteiger partial charge in [0.25, 0.3) is 0 Å². The van der Waals surface area contributed by atoms with Crippen molar-refractivity contribution in [2.75, 3.05) is 11.9 Å². The van der Waals surface area contributed by atoms with Crippen LogP contribution >= 0.6 is 0 Å². The van der Waals surface area contributed by atoms with Crippen LogP contribution in [0.3, 0.4) is 0 Å². The molecule has 0 saturated heterocycles. The van der Waals surface area contributed by atoms with Gasteiger partial charge in [0.1, 0.15) is 5.82 Å². The van der Waals surface area contributed by atoms with E-state index in [4.69, 9.17) is 0 Å². The molecule has 1 saturated carbocycles. The summed E-state index contributed by atoms with van der Waals surface area (Å²) in [6.07, 6.45) is 10.5. The Balaban J connectivity index is 1.57. The lowest BCUT2D eigenvalue weighted by Gasteiger charge is -2.26. The van der Waals surface area contributed by atoms with E-state index in [1.54, 1.807) is 6.20 Å². The molecule has 0 spiro atoms. The average molecular weight is 273 g/mol. The normalized spacial score (nSPS) is 23.1. The van der Waals surface area contributed by atoms with Crippen molar-refractivity contribution >= 4 is 11.5 Å². The molecular formula is C15H23N5. The van der Waals surface area contributed by atoms with Crippen LogP contribution in [0.4, 0.5) is 5.82 Å². The van der Waals surface area contributed by atoms with E-state index in [-0.39, 0.29) is 0 Å². The molecule has 0 aliphatic heterocycles. The summed E-state index contributed by atoms with van der Waals surface area (Å²) in [5, 5.41) is 11.7. The number of aryl methyl sites for hydroxylation is 1. The van der Waals surface area contributed by atoms with Gasteiger partial charge in [-0.3, -0.25) is 4.40 Å². The van der Waals surface area contributed by atoms with E-state index in [9.17, 15) is 0 Å². The van der Waals surface area contributed by atoms with Crippen molar-refractivity contribution in [2.24, 2.45) is 11.8 Å². The Morgan fingerprint density at radius 3 is 2.85 bits per heavy atom. The van der Waals surface area contributed by atoms with Gasteiger partial charge in [-0.1, -0.05) is 32.6 Å². The molecule has 5 heteroatoms. The number of anilines is 1. The third-order valence-electron chi connectivity index (χ3n) is 4.48. The van der Waals surface area contributed by atoms with E-state index >= 15 is 0 Å². The standard InChI is InChI=1S/C15H23N5/c1-11-3-5-13(6-4-11)7-8-16-14-15-19-18-12(2)20(15)10-9-17-14/h9-11,13H,3-8H2,1-2H3,(H,16,17). The van der Waals surface area contributed by atoms with Crippen molar-refractivity contribution in [3.8, 4) is 0 Å². The van der Waals surface area contributed by atoms with Crippen molar-refractivity contribution in [3.63, 3.8) is 0 Å². The molecule has 1 fully saturated rings. The van der Waals surface area contributed by atoms with E-state index in [1.807, 2.05) is 17.5 Å². The average Bonchev–Trinajstić information content (AvgIpc) is 2.84. The number of rotatable bonds is 4. The van der Waals surface area contributed by atoms with Crippen molar-refractivity contribution in [2.45, 2.75) is 46.0 Å². The predicted molar refractivity (Wildman–Crippen MR) is 79.7 cm³/mol. The second kappa shape index (κ2) is 5.77. The highest BCUT2D eigenvalue weighted by molar-refractivity contribution is 5.61. The van der Waals surface area contributed by atoms with Gasteiger partial charge in [0.2, 0.25) is 5.65 Å². The minimum Gasteiger partial charge on any atom is -0.367 e. The molecule has 0 atom stereocenters. The smallest absolute Gasteiger partial charge is 0.203 e. The van der Waals surface area contributed by atoms with Crippen LogP contribution in [-0.2, 0) is 0 Å². The zero-order chi connectivity index (χ0) is 13.9. The first-order chi connectivity index (χ1) is 9.74. The minimum absolute atomic E-state index is 0.822. The van der Waals surface area contributed by atoms with E-state index in [0.717, 1.165) is 35.7 Å². The van der Waals surface area contributed by atoms with Crippen LogP contribution in [0.25, 0.3) is 5.65 Å². The number of fused-ring (bicyclic) bond motifs is 1. The minimum atomic E-state index is 0.822. The molecule has 2 aromatic heterocycles. The molecule has 1 aliphatic carbocycles. The van der Waals surface area contributed by atoms with Crippen molar-refractivity contribution < 1.29 is 0 Å². The highest BCUT2D eigenvalue weighted by Gasteiger charge is 2.17. The number of aromatic nitrogens is 4. The van der Waals surface area contributed by atoms with Gasteiger partial charge in [-0.2, -0.15) is 0 Å². The van der Waals surface area contributed by atoms with E-state index in [0.29, 0.717) is 0 Å². The second-order valence-electron chi connectivity index (χ2n) is 6.06. The third kappa shape index (κ3) is 2.76. The SMILES string of the molecule is Cc1nnc2c(NCCC3CCC(C)CC3)nccn12. The van der Waals surface area contributed by atoms with Crippen molar-refractivity contribution in [3.05, 3.63) is 18.2 Å². The summed E-state index contributed by atoms with van der Waals surface area (Å²) in [5.74, 6) is 3.54. The van der Waals surface area contributed by atoms with Gasteiger partial charge in [-0.25, -0.2) is 4.98 Å². The third-order valence-corrected chi connectivity index (χ3v) is 4.48. The van der Waals surface area contributed by atoms with Gasteiger partial charge < -0.3 is 5.32 Å². The molecule has 0 unspecified atom stereocenters. The fraction of sp³-hybridized carbons (Fsp3) is 0.667. The highest BCUT2D eigenvalue weighted by atomic mass is 15.3. The molecule has 0 radical (unpaired) electrons. The first kappa shape index (κ1) is 13.3. The fourth-order valence-corrected chi connectivity index (χ4v) is 3.08. The lowest BCUT2D eigenvalue weighted by atomic mass is 9.81. The fourth-order valence-electron chi connectivity index (χ4n) is 3.08. The van der Waals surface area contributed by atoms with E-state index in [1.165, 1.54) is 32.1 Å². The summed E-state index contributed by atoms with van der Waals surface area (Å²) in [4.78, 5) is 4.38. The van der Waals surface area contributed by atoms with Gasteiger partial charge in [-0.15, -0.1) is 10.2 Å². The summed E-state index contributed by atoms with van der Waals surface area (Å²) >= 11 is 0. The Bertz CT molecular complexity index is 569. The molecule has 0 amide bonds. The highest BCUT2D eigenvalue weighted by Crippen LogP contribution is 2.30. The molecular weight excluding hydrogens is 250 g/mol. The molecule has 3 rings (SSSR count). The molecule has 108 valence electrons. The summed E-state index contributed by atoms with van der Waals surface area (Å²) in [7, 11) is 0. The van der Waals surface area contributed by atoms with Crippen LogP contribution in [0.5, 0.6) is 0 Å². The maximum absolute atomic E-state index is 4.38. The van der Waals surface area contributed by atoms with Crippen LogP contribution in [0.15, 0.2) is 12.4 Å². The van der Waals surface area contributed by atoms with Gasteiger partial charge in [-0.05, 0) is 25.2 Å². The first-order valence-electron chi connectivity index (χ1n) is 7.64. The molecule has 1 aliphatic rings. The van der Waals surface area contributed by atoms with Crippen molar-refractivity contribution in [1.29, 1.82) is 0 Å². The molecule has 0 bridgehead atoms. The summed E-state index contributed by atoms with van der Waals surface area (Å²) in [6.45, 7) is 5.29. The topological polar surface area (TPSA) is 55.1 Å². The Hall–Kier alpha value is -1.65. The van der Waals surface area contributed by atoms with Gasteiger partial charge in [0.05, 0.1) is 0 Å². The predicted octanol–water partition coefficient (Wildman–Crippen LogP) is 3.06. The molecule has 20 heavy (non-hydrogen) atoms. The number of hydrogen-bond donors (Lipinski definition) is 1. The molecule has 1 N–H and O–H groups in total. The van der Waals surface area contributed by atoms with Crippen LogP contribution in [0.1, 0.15) is 44.9 Å². The first-order valence-corrected chi connectivity index (χ1v) is 7.64.